The number of hydrogen-bond acceptors (Lipinski definition) is 3. The van der Waals surface area contributed by atoms with Crippen LogP contribution in [0.1, 0.15) is 12.0 Å². The summed E-state index contributed by atoms with van der Waals surface area (Å²) in [5.41, 5.74) is 2.18. The van der Waals surface area contributed by atoms with E-state index in [9.17, 15) is 4.79 Å². The van der Waals surface area contributed by atoms with Gasteiger partial charge in [-0.2, -0.15) is 0 Å². The number of carbonyl (C=O) groups excluding carboxylic acids is 1. The number of para-hydroxylation sites is 1. The third-order valence-corrected chi connectivity index (χ3v) is 5.71. The van der Waals surface area contributed by atoms with Crippen molar-refractivity contribution in [2.45, 2.75) is 10.5 Å². The van der Waals surface area contributed by atoms with Crippen LogP contribution in [0.3, 0.4) is 0 Å². The number of thioether (sulfide) groups is 2. The fourth-order valence-corrected chi connectivity index (χ4v) is 3.89. The maximum atomic E-state index is 11.6. The van der Waals surface area contributed by atoms with Crippen LogP contribution in [0.4, 0.5) is 5.69 Å². The topological polar surface area (TPSA) is 29.1 Å². The van der Waals surface area contributed by atoms with Gasteiger partial charge in [-0.1, -0.05) is 18.2 Å². The molecule has 1 aliphatic rings. The molecule has 0 unspecified atom stereocenters. The molecule has 0 saturated carbocycles. The Morgan fingerprint density at radius 2 is 1.93 bits per heavy atom. The largest absolute Gasteiger partial charge is 0.326 e. The van der Waals surface area contributed by atoms with Gasteiger partial charge >= 0.3 is 0 Å². The van der Waals surface area contributed by atoms with E-state index < -0.39 is 0 Å². The van der Waals surface area contributed by atoms with Gasteiger partial charge in [0, 0.05) is 11.3 Å². The maximum Gasteiger partial charge on any atom is 0.226 e. The minimum Gasteiger partial charge on any atom is -0.326 e. The number of hydrogen-bond donors (Lipinski definition) is 1. The number of carbonyl (C=O) groups is 1. The zero-order valence-corrected chi connectivity index (χ0v) is 10.4. The molecule has 0 fully saturated rings. The monoisotopic (exact) mass is 239 g/mol. The Hall–Kier alpha value is -0.610. The molecule has 2 nitrogen and oxygen atoms in total. The van der Waals surface area contributed by atoms with E-state index in [1.165, 1.54) is 5.56 Å². The second kappa shape index (κ2) is 4.10. The molecular formula is C11H13NOS2. The Morgan fingerprint density at radius 1 is 1.27 bits per heavy atom. The highest BCUT2D eigenvalue weighted by atomic mass is 32.2. The summed E-state index contributed by atoms with van der Waals surface area (Å²) in [6.07, 6.45) is 4.67. The van der Waals surface area contributed by atoms with Gasteiger partial charge in [0.05, 0.1) is 10.5 Å². The van der Waals surface area contributed by atoms with Crippen molar-refractivity contribution >= 4 is 35.1 Å². The van der Waals surface area contributed by atoms with Crippen LogP contribution in [0.25, 0.3) is 0 Å². The number of anilines is 1. The van der Waals surface area contributed by atoms with E-state index in [1.807, 2.05) is 18.2 Å². The van der Waals surface area contributed by atoms with Crippen molar-refractivity contribution in [3.63, 3.8) is 0 Å². The third-order valence-electron chi connectivity index (χ3n) is 2.66. The number of rotatable bonds is 2. The predicted molar refractivity (Wildman–Crippen MR) is 68.4 cm³/mol. The van der Waals surface area contributed by atoms with E-state index in [2.05, 4.69) is 23.9 Å². The van der Waals surface area contributed by atoms with Gasteiger partial charge in [0.1, 0.15) is 0 Å². The fraction of sp³-hybridized carbons (Fsp3) is 0.364. The lowest BCUT2D eigenvalue weighted by atomic mass is 10.0. The highest BCUT2D eigenvalue weighted by Gasteiger charge is 2.38. The van der Waals surface area contributed by atoms with Gasteiger partial charge in [-0.3, -0.25) is 4.79 Å². The molecule has 1 aromatic rings. The standard InChI is InChI=1S/C11H13NOS2/c1-14-11(15-2)7-10(13)12-9-6-4-3-5-8(9)11/h3-6H,7H2,1-2H3,(H,12,13). The average molecular weight is 239 g/mol. The van der Waals surface area contributed by atoms with Crippen molar-refractivity contribution in [3.05, 3.63) is 29.8 Å². The molecule has 0 bridgehead atoms. The summed E-state index contributed by atoms with van der Waals surface area (Å²) in [6, 6.07) is 8.04. The van der Waals surface area contributed by atoms with Gasteiger partial charge in [-0.25, -0.2) is 0 Å². The summed E-state index contributed by atoms with van der Waals surface area (Å²) in [4.78, 5) is 11.6. The first-order valence-electron chi connectivity index (χ1n) is 4.71. The number of nitrogens with one attached hydrogen (secondary N) is 1. The first-order valence-corrected chi connectivity index (χ1v) is 7.16. The smallest absolute Gasteiger partial charge is 0.226 e. The van der Waals surface area contributed by atoms with Gasteiger partial charge < -0.3 is 5.32 Å². The number of amides is 1. The average Bonchev–Trinajstić information content (AvgIpc) is 2.27. The second-order valence-electron chi connectivity index (χ2n) is 3.43. The summed E-state index contributed by atoms with van der Waals surface area (Å²) in [6.45, 7) is 0. The van der Waals surface area contributed by atoms with E-state index in [-0.39, 0.29) is 9.99 Å². The van der Waals surface area contributed by atoms with Gasteiger partial charge in [-0.15, -0.1) is 23.5 Å². The van der Waals surface area contributed by atoms with Gasteiger partial charge in [0.15, 0.2) is 0 Å². The Labute approximate surface area is 98.2 Å². The van der Waals surface area contributed by atoms with E-state index >= 15 is 0 Å². The van der Waals surface area contributed by atoms with Crippen LogP contribution in [-0.2, 0) is 8.87 Å². The Balaban J connectivity index is 2.55. The Kier molecular flexibility index (Phi) is 2.98. The molecule has 1 amide bonds. The van der Waals surface area contributed by atoms with E-state index in [4.69, 9.17) is 0 Å². The van der Waals surface area contributed by atoms with Crippen LogP contribution in [-0.4, -0.2) is 18.4 Å². The van der Waals surface area contributed by atoms with Crippen molar-refractivity contribution in [3.8, 4) is 0 Å². The quantitative estimate of drug-likeness (QED) is 0.805. The Morgan fingerprint density at radius 3 is 2.60 bits per heavy atom. The SMILES string of the molecule is CSC1(SC)CC(=O)Nc2ccccc21. The van der Waals surface area contributed by atoms with Crippen LogP contribution in [0.2, 0.25) is 0 Å². The van der Waals surface area contributed by atoms with Gasteiger partial charge in [0.2, 0.25) is 5.91 Å². The fourth-order valence-electron chi connectivity index (χ4n) is 1.87. The molecule has 0 atom stereocenters. The normalized spacial score (nSPS) is 18.1. The van der Waals surface area contributed by atoms with Crippen LogP contribution >= 0.6 is 23.5 Å². The molecule has 2 rings (SSSR count). The lowest BCUT2D eigenvalue weighted by molar-refractivity contribution is -0.116. The molecule has 1 heterocycles. The minimum atomic E-state index is -0.112. The number of benzene rings is 1. The zero-order valence-electron chi connectivity index (χ0n) is 8.74. The summed E-state index contributed by atoms with van der Waals surface area (Å²) in [5.74, 6) is 0.109. The van der Waals surface area contributed by atoms with E-state index in [1.54, 1.807) is 23.5 Å². The highest BCUT2D eigenvalue weighted by molar-refractivity contribution is 8.16. The lowest BCUT2D eigenvalue weighted by Gasteiger charge is -2.35. The maximum absolute atomic E-state index is 11.6. The third kappa shape index (κ3) is 1.76. The van der Waals surface area contributed by atoms with Gasteiger partial charge in [-0.05, 0) is 18.6 Å². The van der Waals surface area contributed by atoms with Crippen LogP contribution in [0, 0.1) is 0 Å². The molecule has 0 saturated heterocycles. The Bertz CT molecular complexity index is 388. The molecule has 0 radical (unpaired) electrons. The molecule has 1 N–H and O–H groups in total. The highest BCUT2D eigenvalue weighted by Crippen LogP contribution is 2.51. The molecular weight excluding hydrogens is 226 g/mol. The molecule has 0 aliphatic carbocycles. The first-order chi connectivity index (χ1) is 7.22. The van der Waals surface area contributed by atoms with Crippen molar-refractivity contribution in [2.24, 2.45) is 0 Å². The van der Waals surface area contributed by atoms with E-state index in [0.717, 1.165) is 5.69 Å². The molecule has 4 heteroatoms. The summed E-state index contributed by atoms with van der Waals surface area (Å²) in [5, 5.41) is 2.92. The van der Waals surface area contributed by atoms with Crippen LogP contribution in [0.5, 0.6) is 0 Å². The summed E-state index contributed by atoms with van der Waals surface area (Å²) < 4.78 is -0.112. The molecule has 1 aliphatic heterocycles. The van der Waals surface area contributed by atoms with Crippen LogP contribution in [0.15, 0.2) is 24.3 Å². The number of fused-ring (bicyclic) bond motifs is 1. The molecule has 0 spiro atoms. The van der Waals surface area contributed by atoms with Crippen molar-refractivity contribution < 1.29 is 4.79 Å². The molecule has 80 valence electrons. The second-order valence-corrected chi connectivity index (χ2v) is 5.90. The minimum absolute atomic E-state index is 0.109. The van der Waals surface area contributed by atoms with Crippen molar-refractivity contribution in [1.82, 2.24) is 0 Å². The van der Waals surface area contributed by atoms with Crippen molar-refractivity contribution in [1.29, 1.82) is 0 Å². The van der Waals surface area contributed by atoms with E-state index in [0.29, 0.717) is 6.42 Å². The van der Waals surface area contributed by atoms with Crippen molar-refractivity contribution in [2.75, 3.05) is 17.8 Å². The molecule has 0 aromatic heterocycles. The summed E-state index contributed by atoms with van der Waals surface area (Å²) >= 11 is 3.48. The molecule has 15 heavy (non-hydrogen) atoms. The zero-order chi connectivity index (χ0) is 10.9. The first kappa shape index (κ1) is 10.9. The summed E-state index contributed by atoms with van der Waals surface area (Å²) in [7, 11) is 0. The predicted octanol–water partition coefficient (Wildman–Crippen LogP) is 2.91. The lowest BCUT2D eigenvalue weighted by Crippen LogP contribution is -2.32. The van der Waals surface area contributed by atoms with Crippen LogP contribution < -0.4 is 5.32 Å². The molecule has 1 aromatic carbocycles. The van der Waals surface area contributed by atoms with Gasteiger partial charge in [0.25, 0.3) is 0 Å².